The molecule has 0 unspecified atom stereocenters. The second-order valence-electron chi connectivity index (χ2n) is 10.3. The Labute approximate surface area is 253 Å². The summed E-state index contributed by atoms with van der Waals surface area (Å²) < 4.78 is 0. The van der Waals surface area contributed by atoms with Gasteiger partial charge in [-0.15, -0.1) is 0 Å². The maximum atomic E-state index is 4.30. The molecule has 3 heteroatoms. The zero-order valence-corrected chi connectivity index (χ0v) is 27.9. The topological polar surface area (TPSA) is 0 Å². The predicted octanol–water partition coefficient (Wildman–Crippen LogP) is 9.36. The van der Waals surface area contributed by atoms with Crippen LogP contribution in [0.25, 0.3) is 0 Å². The molecule has 0 heterocycles. The maximum Gasteiger partial charge on any atom is -0.0134 e. The van der Waals surface area contributed by atoms with Crippen LogP contribution in [0.4, 0.5) is 0 Å². The normalized spacial score (nSPS) is 13.2. The van der Waals surface area contributed by atoms with Gasteiger partial charge in [-0.25, -0.2) is 0 Å². The Bertz CT molecular complexity index is 1330. The molecular weight excluding hydrogens is 565 g/mol. The van der Waals surface area contributed by atoms with Gasteiger partial charge in [-0.2, -0.15) is 0 Å². The van der Waals surface area contributed by atoms with Crippen LogP contribution in [0.5, 0.6) is 0 Å². The number of allylic oxidation sites excluding steroid dienone is 4. The van der Waals surface area contributed by atoms with Crippen molar-refractivity contribution < 1.29 is 14.8 Å². The number of hydrogen-bond acceptors (Lipinski definition) is 0. The van der Waals surface area contributed by atoms with Crippen LogP contribution in [0.15, 0.2) is 125 Å². The Morgan fingerprint density at radius 1 is 0.475 bits per heavy atom. The average Bonchev–Trinajstić information content (AvgIpc) is 3.13. The van der Waals surface area contributed by atoms with Crippen LogP contribution in [0.3, 0.4) is 0 Å². The molecular formula is C37H41CoP2. The molecule has 0 fully saturated rings. The third-order valence-corrected chi connectivity index (χ3v) is 11.6. The molecule has 208 valence electrons. The minimum Gasteiger partial charge on any atom is -0.0622 e. The minimum atomic E-state index is -0.446. The molecule has 0 spiro atoms. The fourth-order valence-corrected chi connectivity index (χ4v) is 8.65. The van der Waals surface area contributed by atoms with E-state index in [1.807, 2.05) is 0 Å². The van der Waals surface area contributed by atoms with Gasteiger partial charge in [0.1, 0.15) is 0 Å². The van der Waals surface area contributed by atoms with Crippen molar-refractivity contribution in [1.29, 1.82) is 0 Å². The molecule has 40 heavy (non-hydrogen) atoms. The first-order chi connectivity index (χ1) is 19.1. The summed E-state index contributed by atoms with van der Waals surface area (Å²) in [7, 11) is -0.446. The SMILES string of the molecule is C[C]1C(C)=C(C)C(C)=C1C.Cc1cc(C)c([P]=[Co])c(C)c1.c1ccc(P(c2ccccc2)c2ccccc2)cc1. The number of aryl methyl sites for hydroxylation is 3. The molecule has 0 aliphatic heterocycles. The summed E-state index contributed by atoms with van der Waals surface area (Å²) in [6, 6.07) is 36.7. The van der Waals surface area contributed by atoms with E-state index in [1.54, 1.807) is 0 Å². The molecule has 1 radical (unpaired) electrons. The Morgan fingerprint density at radius 3 is 1.05 bits per heavy atom. The van der Waals surface area contributed by atoms with Gasteiger partial charge < -0.3 is 0 Å². The van der Waals surface area contributed by atoms with Gasteiger partial charge in [-0.1, -0.05) is 109 Å². The smallest absolute Gasteiger partial charge is 0.0134 e. The summed E-state index contributed by atoms with van der Waals surface area (Å²) in [5, 5.41) is 5.54. The van der Waals surface area contributed by atoms with E-state index in [0.717, 1.165) is 6.87 Å². The second kappa shape index (κ2) is 15.6. The van der Waals surface area contributed by atoms with Gasteiger partial charge in [-0.05, 0) is 62.7 Å². The predicted molar refractivity (Wildman–Crippen MR) is 178 cm³/mol. The largest absolute Gasteiger partial charge is 0.0622 e. The summed E-state index contributed by atoms with van der Waals surface area (Å²) in [5.74, 6) is 1.47. The molecule has 0 nitrogen and oxygen atoms in total. The fraction of sp³-hybridized carbons (Fsp3) is 0.216. The monoisotopic (exact) mass is 606 g/mol. The van der Waals surface area contributed by atoms with Crippen LogP contribution in [0, 0.1) is 26.7 Å². The van der Waals surface area contributed by atoms with Gasteiger partial charge in [-0.3, -0.25) is 0 Å². The van der Waals surface area contributed by atoms with Crippen molar-refractivity contribution >= 4 is 36.0 Å². The second-order valence-corrected chi connectivity index (χ2v) is 13.8. The number of benzene rings is 4. The first-order valence-electron chi connectivity index (χ1n) is 13.7. The molecule has 0 amide bonds. The van der Waals surface area contributed by atoms with Crippen molar-refractivity contribution in [3.63, 3.8) is 0 Å². The molecule has 1 aliphatic rings. The fourth-order valence-electron chi connectivity index (χ4n) is 4.87. The number of hydrogen-bond donors (Lipinski definition) is 0. The summed E-state index contributed by atoms with van der Waals surface area (Å²) in [4.78, 5) is 0. The summed E-state index contributed by atoms with van der Waals surface area (Å²) in [5.41, 5.74) is 9.89. The molecule has 0 saturated carbocycles. The van der Waals surface area contributed by atoms with Crippen molar-refractivity contribution in [2.24, 2.45) is 0 Å². The van der Waals surface area contributed by atoms with Gasteiger partial charge in [0.25, 0.3) is 0 Å². The van der Waals surface area contributed by atoms with Gasteiger partial charge >= 0.3 is 76.6 Å². The third-order valence-electron chi connectivity index (χ3n) is 7.57. The summed E-state index contributed by atoms with van der Waals surface area (Å²) >= 11 is 4.30. The van der Waals surface area contributed by atoms with E-state index < -0.39 is 7.92 Å². The van der Waals surface area contributed by atoms with E-state index in [0.29, 0.717) is 0 Å². The van der Waals surface area contributed by atoms with Gasteiger partial charge in [0.2, 0.25) is 0 Å². The molecule has 4 aromatic carbocycles. The first kappa shape index (κ1) is 32.1. The van der Waals surface area contributed by atoms with Crippen molar-refractivity contribution in [1.82, 2.24) is 0 Å². The molecule has 0 N–H and O–H groups in total. The van der Waals surface area contributed by atoms with E-state index in [1.165, 1.54) is 66.1 Å². The maximum absolute atomic E-state index is 4.30. The zero-order chi connectivity index (χ0) is 29.2. The zero-order valence-electron chi connectivity index (χ0n) is 25.0. The van der Waals surface area contributed by atoms with Crippen LogP contribution in [-0.4, -0.2) is 0 Å². The molecule has 0 aromatic heterocycles. The Hall–Kier alpha value is -2.40. The van der Waals surface area contributed by atoms with Gasteiger partial charge in [0, 0.05) is 5.92 Å². The molecule has 0 atom stereocenters. The average molecular weight is 607 g/mol. The molecule has 0 saturated heterocycles. The standard InChI is InChI=1S/C18H15P.C10H15.C9H11P.Co/c1-4-10-16(11-5-1)19(17-12-6-2-7-13-17)18-14-8-3-9-15-18;1-6-7(2)9(4)10(5)8(6)3;1-6-4-7(2)9(10)8(3)5-6;/h1-15H;1-5H3;4-5H,1-3H3;. The summed E-state index contributed by atoms with van der Waals surface area (Å²) in [6.07, 6.45) is 0. The van der Waals surface area contributed by atoms with E-state index in [9.17, 15) is 0 Å². The van der Waals surface area contributed by atoms with E-state index in [4.69, 9.17) is 0 Å². The van der Waals surface area contributed by atoms with Crippen LogP contribution in [0.1, 0.15) is 51.3 Å². The van der Waals surface area contributed by atoms with Crippen LogP contribution in [-0.2, 0) is 14.8 Å². The Morgan fingerprint density at radius 2 is 0.800 bits per heavy atom. The van der Waals surface area contributed by atoms with Crippen LogP contribution in [0.2, 0.25) is 0 Å². The van der Waals surface area contributed by atoms with Crippen molar-refractivity contribution in [3.05, 3.63) is 148 Å². The summed E-state index contributed by atoms with van der Waals surface area (Å²) in [6.45, 7) is 18.5. The molecule has 0 bridgehead atoms. The van der Waals surface area contributed by atoms with Gasteiger partial charge in [0.05, 0.1) is 0 Å². The van der Waals surface area contributed by atoms with Crippen molar-refractivity contribution in [2.75, 3.05) is 0 Å². The van der Waals surface area contributed by atoms with Crippen molar-refractivity contribution in [2.45, 2.75) is 55.4 Å². The van der Waals surface area contributed by atoms with Gasteiger partial charge in [0.15, 0.2) is 0 Å². The number of rotatable bonds is 4. The van der Waals surface area contributed by atoms with Crippen LogP contribution < -0.4 is 21.2 Å². The Balaban J connectivity index is 0.000000180. The quantitative estimate of drug-likeness (QED) is 0.203. The molecule has 1 aliphatic carbocycles. The molecule has 5 rings (SSSR count). The Kier molecular flexibility index (Phi) is 12.5. The van der Waals surface area contributed by atoms with E-state index >= 15 is 0 Å². The first-order valence-corrected chi connectivity index (χ1v) is 17.2. The van der Waals surface area contributed by atoms with Crippen molar-refractivity contribution in [3.8, 4) is 0 Å². The van der Waals surface area contributed by atoms with E-state index in [-0.39, 0.29) is 0 Å². The third kappa shape index (κ3) is 8.31. The van der Waals surface area contributed by atoms with Crippen LogP contribution >= 0.6 is 14.8 Å². The van der Waals surface area contributed by atoms with E-state index in [2.05, 4.69) is 173 Å². The molecule has 4 aromatic rings. The minimum absolute atomic E-state index is 0.446.